The summed E-state index contributed by atoms with van der Waals surface area (Å²) >= 11 is 24.1. The summed E-state index contributed by atoms with van der Waals surface area (Å²) in [5.74, 6) is 7.08. The van der Waals surface area contributed by atoms with E-state index in [1.807, 2.05) is 102 Å². The van der Waals surface area contributed by atoms with Crippen molar-refractivity contribution in [2.24, 2.45) is 51.4 Å². The Bertz CT molecular complexity index is 5240. The summed E-state index contributed by atoms with van der Waals surface area (Å²) in [4.78, 5) is 67.1. The summed E-state index contributed by atoms with van der Waals surface area (Å²) in [5, 5.41) is 10.3. The third-order valence-corrected chi connectivity index (χ3v) is 21.3. The fourth-order valence-electron chi connectivity index (χ4n) is 13.4. The smallest absolute Gasteiger partial charge is 0.255 e. The lowest BCUT2D eigenvalue weighted by molar-refractivity contribution is -0.130. The Labute approximate surface area is 759 Å². The van der Waals surface area contributed by atoms with Crippen molar-refractivity contribution in [2.45, 2.75) is 193 Å². The molecule has 1 fully saturated rings. The lowest BCUT2D eigenvalue weighted by Crippen LogP contribution is -2.38. The second kappa shape index (κ2) is 53.1. The van der Waals surface area contributed by atoms with Gasteiger partial charge in [0.25, 0.3) is 5.91 Å². The number of benzene rings is 9. The van der Waals surface area contributed by atoms with Crippen LogP contribution in [0, 0.1) is 53.1 Å². The third kappa shape index (κ3) is 39.8. The molecule has 1 saturated heterocycles. The first-order chi connectivity index (χ1) is 59.1. The molecule has 0 unspecified atom stereocenters. The number of nitrogens with one attached hydrogen (secondary N) is 2. The number of carbonyl (C=O) groups excluding carboxylic acids is 5. The number of likely N-dealkylation sites (tertiary alicyclic amines) is 1. The van der Waals surface area contributed by atoms with Crippen molar-refractivity contribution in [3.8, 4) is 28.7 Å². The van der Waals surface area contributed by atoms with Gasteiger partial charge in [0.1, 0.15) is 72.7 Å². The molecule has 11 rings (SSSR count). The Morgan fingerprint density at radius 1 is 0.448 bits per heavy atom. The zero-order chi connectivity index (χ0) is 92.0. The lowest BCUT2D eigenvalue weighted by Gasteiger charge is -2.31. The van der Waals surface area contributed by atoms with Gasteiger partial charge in [-0.3, -0.25) is 29.2 Å². The van der Waals surface area contributed by atoms with Crippen LogP contribution in [0.4, 0.5) is 20.2 Å². The number of ether oxygens (including phenoxy) is 5. The summed E-state index contributed by atoms with van der Waals surface area (Å²) in [6.45, 7) is 36.3. The zero-order valence-electron chi connectivity index (χ0n) is 75.4. The van der Waals surface area contributed by atoms with E-state index < -0.39 is 9.84 Å². The fourth-order valence-corrected chi connectivity index (χ4v) is 14.8. The highest BCUT2D eigenvalue weighted by Crippen LogP contribution is 2.32. The molecule has 0 radical (unpaired) electrons. The van der Waals surface area contributed by atoms with E-state index in [-0.39, 0.29) is 52.4 Å². The Balaban J connectivity index is 0.000000233. The van der Waals surface area contributed by atoms with Crippen molar-refractivity contribution >= 4 is 96.9 Å². The van der Waals surface area contributed by atoms with Crippen LogP contribution in [0.15, 0.2) is 191 Å². The number of nitrogens with zero attached hydrogens (tertiary/aromatic N) is 3. The van der Waals surface area contributed by atoms with Gasteiger partial charge in [0.05, 0.1) is 28.8 Å². The number of carbonyl (C=O) groups is 5. The van der Waals surface area contributed by atoms with E-state index >= 15 is 0 Å². The number of hydrogen-bond acceptors (Lipinski definition) is 14. The number of ketones is 2. The van der Waals surface area contributed by atoms with Crippen molar-refractivity contribution in [1.82, 2.24) is 4.90 Å². The van der Waals surface area contributed by atoms with Crippen LogP contribution in [0.2, 0.25) is 20.1 Å². The number of Topliss-reactive ketones (excluding diaryl/α,β-unsaturated/α-hetero) is 2. The molecule has 2 aliphatic heterocycles. The molecular formula is C101H125Cl4F2N5O12S. The van der Waals surface area contributed by atoms with Crippen molar-refractivity contribution in [3.05, 3.63) is 268 Å². The number of fused-ring (bicyclic) bond motifs is 1. The number of halogens is 6. The fraction of sp³-hybridized carbons (Fsp3) is 0.416. The van der Waals surface area contributed by atoms with Crippen LogP contribution in [0.1, 0.15) is 191 Å². The zero-order valence-corrected chi connectivity index (χ0v) is 79.3. The summed E-state index contributed by atoms with van der Waals surface area (Å²) in [7, 11) is -3.28. The molecule has 3 amide bonds. The van der Waals surface area contributed by atoms with E-state index in [0.29, 0.717) is 101 Å². The van der Waals surface area contributed by atoms with Gasteiger partial charge in [0.2, 0.25) is 11.8 Å². The van der Waals surface area contributed by atoms with Crippen molar-refractivity contribution in [2.75, 3.05) is 56.5 Å². The monoisotopic (exact) mass is 1810 g/mol. The van der Waals surface area contributed by atoms with E-state index in [1.165, 1.54) is 61.9 Å². The van der Waals surface area contributed by atoms with Gasteiger partial charge in [0, 0.05) is 76.6 Å². The molecule has 125 heavy (non-hydrogen) atoms. The molecule has 0 spiro atoms. The molecule has 674 valence electrons. The predicted octanol–water partition coefficient (Wildman–Crippen LogP) is 23.5. The van der Waals surface area contributed by atoms with E-state index in [0.717, 1.165) is 172 Å². The van der Waals surface area contributed by atoms with Crippen molar-refractivity contribution < 1.29 is 64.9 Å². The standard InChI is InChI=1S/C19H22FNO2.C18H20ClNO3S.C18H26ClNO2.C18H19FN2O.C15H21ClO2.C13H17ClO2/c1-13(2)10-16-11-17(20)6-9-19(16)23-12-15-4-7-18(8-5-15)21-14(3)22;1-12(2)10-14-11-15(19)6-9-17(14)20-18(21)13-4-7-16(8-5-13)24(3,22)23;1-13(2)10-16-11-17(19)4-5-18(16)22-12-15-6-8-20(9-7-15)14(3)21;1-12(2)7-14-9-15(19)4-6-18(14)22-10-13-3-5-16-17(8-13)21-11-20-16;1-11(2)9-13-10-14(16)6-7-15(13)18-8-4-5-12(3)17;1-9(2)6-11-7-12(14)4-5-13(11)16-8-10(3)15/h4-9,11,13H,10,12H2,1-3H3,(H,21,22);4-9,11-12H,10H2,1-3H3,(H,20,21);4-5,11,13,15H,6-10,12H2,1-3H3;3-6,8-9,12H,7,10-11H2,1-2H3;6-7,10-11H,4-5,8-9H2,1-3H3;4-5,7,9H,6,8H2,1-3H3. The molecule has 0 atom stereocenters. The second-order valence-corrected chi connectivity index (χ2v) is 37.8. The average molecular weight is 1810 g/mol. The Kier molecular flexibility index (Phi) is 44.2. The summed E-state index contributed by atoms with van der Waals surface area (Å²) in [5.41, 5.74) is 10.0. The largest absolute Gasteiger partial charge is 0.493 e. The van der Waals surface area contributed by atoms with Crippen LogP contribution in [-0.2, 0) is 80.8 Å². The van der Waals surface area contributed by atoms with Crippen molar-refractivity contribution in [1.29, 1.82) is 0 Å². The number of rotatable bonds is 33. The number of anilines is 2. The van der Waals surface area contributed by atoms with Gasteiger partial charge >= 0.3 is 0 Å². The molecule has 0 bridgehead atoms. The van der Waals surface area contributed by atoms with Gasteiger partial charge in [-0.1, -0.05) is 148 Å². The van der Waals surface area contributed by atoms with Crippen LogP contribution in [0.5, 0.6) is 28.7 Å². The molecule has 0 saturated carbocycles. The molecule has 17 nitrogen and oxygen atoms in total. The Morgan fingerprint density at radius 2 is 0.856 bits per heavy atom. The highest BCUT2D eigenvalue weighted by atomic mass is 35.5. The van der Waals surface area contributed by atoms with Gasteiger partial charge in [-0.15, -0.1) is 0 Å². The number of hydrogen-bond donors (Lipinski definition) is 2. The van der Waals surface area contributed by atoms with Gasteiger partial charge < -0.3 is 44.0 Å². The first-order valence-electron chi connectivity index (χ1n) is 42.7. The highest BCUT2D eigenvalue weighted by molar-refractivity contribution is 7.90. The number of sulfone groups is 1. The molecule has 2 heterocycles. The van der Waals surface area contributed by atoms with E-state index in [1.54, 1.807) is 50.2 Å². The Morgan fingerprint density at radius 3 is 1.30 bits per heavy atom. The summed E-state index contributed by atoms with van der Waals surface area (Å²) in [6.07, 6.45) is 9.69. The normalized spacial score (nSPS) is 12.2. The van der Waals surface area contributed by atoms with Crippen LogP contribution < -0.4 is 45.0 Å². The van der Waals surface area contributed by atoms with Crippen LogP contribution in [0.25, 0.3) is 0 Å². The average Bonchev–Trinajstić information content (AvgIpc) is 1.82. The van der Waals surface area contributed by atoms with E-state index in [9.17, 15) is 41.2 Å². The maximum absolute atomic E-state index is 13.4. The van der Waals surface area contributed by atoms with Crippen molar-refractivity contribution in [3.63, 3.8) is 0 Å². The Hall–Kier alpha value is -9.70. The van der Waals surface area contributed by atoms with Gasteiger partial charge in [0.15, 0.2) is 15.6 Å². The van der Waals surface area contributed by atoms with E-state index in [4.69, 9.17) is 70.1 Å². The molecule has 9 aromatic rings. The minimum atomic E-state index is -3.28. The lowest BCUT2D eigenvalue weighted by atomic mass is 9.97. The van der Waals surface area contributed by atoms with Gasteiger partial charge in [-0.2, -0.15) is 0 Å². The van der Waals surface area contributed by atoms with Crippen LogP contribution in [-0.4, -0.2) is 88.4 Å². The molecule has 0 aliphatic carbocycles. The maximum atomic E-state index is 13.4. The third-order valence-electron chi connectivity index (χ3n) is 19.2. The van der Waals surface area contributed by atoms with Gasteiger partial charge in [-0.25, -0.2) is 17.2 Å². The number of piperidine rings is 1. The molecule has 24 heteroatoms. The maximum Gasteiger partial charge on any atom is 0.255 e. The quantitative estimate of drug-likeness (QED) is 0.0367. The number of amides is 3. The van der Waals surface area contributed by atoms with Crippen LogP contribution >= 0.6 is 46.4 Å². The minimum Gasteiger partial charge on any atom is -0.493 e. The molecule has 0 aromatic heterocycles. The van der Waals surface area contributed by atoms with Gasteiger partial charge in [-0.05, 0) is 315 Å². The van der Waals surface area contributed by atoms with E-state index in [2.05, 4.69) is 104 Å². The molecule has 2 aliphatic rings. The first-order valence-corrected chi connectivity index (χ1v) is 46.1. The molecule has 9 aromatic carbocycles. The summed E-state index contributed by atoms with van der Waals surface area (Å²) < 4.78 is 78.8. The molecule has 2 N–H and O–H groups in total. The minimum absolute atomic E-state index is 0.0189. The predicted molar refractivity (Wildman–Crippen MR) is 502 cm³/mol. The second-order valence-electron chi connectivity index (χ2n) is 34.0. The van der Waals surface area contributed by atoms with Crippen LogP contribution in [0.3, 0.4) is 0 Å². The SMILES string of the molecule is CC(=O)CCCOc1ccc(Cl)cc1CC(C)C.CC(=O)COc1ccc(Cl)cc1CC(C)C.CC(=O)N1CCC(COc2ccc(Cl)cc2CC(C)C)CC1.CC(=O)Nc1ccc(COc2ccc(F)cc2CC(C)C)cc1.CC(C)Cc1cc(Cl)ccc1NC(=O)c1ccc(S(C)(=O)=O)cc1.CC(C)Cc1cc(F)ccc1OCc1ccc2c(c1)=NCN=2. The summed E-state index contributed by atoms with van der Waals surface area (Å²) in [6, 6.07) is 51.1. The topological polar surface area (TPSA) is 218 Å². The molecular weight excluding hydrogens is 1690 g/mol. The first kappa shape index (κ1) is 104. The highest BCUT2D eigenvalue weighted by Gasteiger charge is 2.23.